The summed E-state index contributed by atoms with van der Waals surface area (Å²) in [6.45, 7) is 0.626. The van der Waals surface area contributed by atoms with Gasteiger partial charge < -0.3 is 43.2 Å². The van der Waals surface area contributed by atoms with E-state index < -0.39 is 48.3 Å². The average molecular weight is 596 g/mol. The number of benzene rings is 2. The molecular weight excluding hydrogens is 554 g/mol. The Bertz CT molecular complexity index is 1240. The third-order valence-corrected chi connectivity index (χ3v) is 7.09. The quantitative estimate of drug-likeness (QED) is 0.109. The summed E-state index contributed by atoms with van der Waals surface area (Å²) in [5.41, 5.74) is 13.1. The van der Waals surface area contributed by atoms with Gasteiger partial charge in [0, 0.05) is 13.0 Å². The molecule has 4 atom stereocenters. The minimum atomic E-state index is -1.04. The molecule has 13 nitrogen and oxygen atoms in total. The molecule has 0 unspecified atom stereocenters. The van der Waals surface area contributed by atoms with Crippen molar-refractivity contribution in [1.29, 1.82) is 0 Å². The molecule has 1 aliphatic rings. The number of phenolic OH excluding ortho intramolecular Hbond substituents is 1. The van der Waals surface area contributed by atoms with Gasteiger partial charge in [-0.2, -0.15) is 0 Å². The van der Waals surface area contributed by atoms with Gasteiger partial charge in [-0.1, -0.05) is 42.5 Å². The maximum absolute atomic E-state index is 13.1. The number of hydrogen-bond acceptors (Lipinski definition) is 8. The zero-order valence-electron chi connectivity index (χ0n) is 24.0. The van der Waals surface area contributed by atoms with Crippen LogP contribution in [0.15, 0.2) is 54.6 Å². The van der Waals surface area contributed by atoms with Crippen molar-refractivity contribution in [3.05, 3.63) is 65.7 Å². The van der Waals surface area contributed by atoms with E-state index in [1.807, 2.05) is 6.07 Å². The lowest BCUT2D eigenvalue weighted by molar-refractivity contribution is -0.131. The van der Waals surface area contributed by atoms with Crippen molar-refractivity contribution < 1.29 is 29.1 Å². The topological polar surface area (TPSA) is 218 Å². The molecule has 0 aromatic heterocycles. The number of hydrogen-bond donors (Lipinski definition) is 8. The maximum atomic E-state index is 13.1. The highest BCUT2D eigenvalue weighted by molar-refractivity contribution is 5.93. The third kappa shape index (κ3) is 11.4. The Labute approximate surface area is 250 Å². The van der Waals surface area contributed by atoms with Gasteiger partial charge >= 0.3 is 0 Å². The molecule has 0 spiro atoms. The van der Waals surface area contributed by atoms with Gasteiger partial charge in [-0.05, 0) is 61.9 Å². The van der Waals surface area contributed by atoms with Gasteiger partial charge in [0.2, 0.25) is 29.5 Å². The molecule has 1 aliphatic heterocycles. The summed E-state index contributed by atoms with van der Waals surface area (Å²) in [7, 11) is 0. The number of rotatable bonds is 16. The lowest BCUT2D eigenvalue weighted by atomic mass is 10.0. The molecule has 5 amide bonds. The summed E-state index contributed by atoms with van der Waals surface area (Å²) < 4.78 is 0. The van der Waals surface area contributed by atoms with Gasteiger partial charge in [-0.25, -0.2) is 0 Å². The lowest BCUT2D eigenvalue weighted by Crippen LogP contribution is -2.54. The van der Waals surface area contributed by atoms with Gasteiger partial charge in [0.25, 0.3) is 0 Å². The zero-order chi connectivity index (χ0) is 31.2. The molecule has 232 valence electrons. The van der Waals surface area contributed by atoms with Crippen molar-refractivity contribution >= 4 is 29.5 Å². The zero-order valence-corrected chi connectivity index (χ0v) is 24.0. The second-order valence-corrected chi connectivity index (χ2v) is 10.6. The highest BCUT2D eigenvalue weighted by atomic mass is 16.3. The molecule has 43 heavy (non-hydrogen) atoms. The molecule has 1 heterocycles. The predicted octanol–water partition coefficient (Wildman–Crippen LogP) is -1.28. The van der Waals surface area contributed by atoms with E-state index in [-0.39, 0.29) is 43.5 Å². The third-order valence-electron chi connectivity index (χ3n) is 7.09. The summed E-state index contributed by atoms with van der Waals surface area (Å²) in [5.74, 6) is -2.57. The lowest BCUT2D eigenvalue weighted by Gasteiger charge is -2.21. The van der Waals surface area contributed by atoms with Crippen molar-refractivity contribution in [2.24, 2.45) is 11.5 Å². The van der Waals surface area contributed by atoms with E-state index in [9.17, 15) is 29.1 Å². The van der Waals surface area contributed by atoms with Crippen LogP contribution in [0.5, 0.6) is 5.75 Å². The monoisotopic (exact) mass is 595 g/mol. The normalized spacial score (nSPS) is 16.3. The van der Waals surface area contributed by atoms with Crippen LogP contribution in [0.1, 0.15) is 36.8 Å². The van der Waals surface area contributed by atoms with E-state index >= 15 is 0 Å². The van der Waals surface area contributed by atoms with E-state index in [0.717, 1.165) is 30.5 Å². The van der Waals surface area contributed by atoms with Crippen LogP contribution in [0.4, 0.5) is 0 Å². The molecule has 10 N–H and O–H groups in total. The number of amides is 5. The number of carbonyl (C=O) groups is 5. The van der Waals surface area contributed by atoms with Crippen molar-refractivity contribution in [3.8, 4) is 5.75 Å². The fourth-order valence-electron chi connectivity index (χ4n) is 4.68. The van der Waals surface area contributed by atoms with Crippen molar-refractivity contribution in [2.75, 3.05) is 19.6 Å². The Morgan fingerprint density at radius 1 is 0.884 bits per heavy atom. The van der Waals surface area contributed by atoms with E-state index in [1.165, 1.54) is 12.1 Å². The molecular formula is C30H41N7O6. The minimum absolute atomic E-state index is 0.0839. The van der Waals surface area contributed by atoms with E-state index in [4.69, 9.17) is 11.5 Å². The van der Waals surface area contributed by atoms with Gasteiger partial charge in [0.1, 0.15) is 17.8 Å². The first-order valence-electron chi connectivity index (χ1n) is 14.4. The fourth-order valence-corrected chi connectivity index (χ4v) is 4.68. The van der Waals surface area contributed by atoms with Crippen LogP contribution >= 0.6 is 0 Å². The van der Waals surface area contributed by atoms with Crippen LogP contribution in [0.25, 0.3) is 0 Å². The molecule has 2 aromatic rings. The second-order valence-electron chi connectivity index (χ2n) is 10.6. The van der Waals surface area contributed by atoms with Gasteiger partial charge in [-0.3, -0.25) is 24.0 Å². The number of aromatic hydroxyl groups is 1. The van der Waals surface area contributed by atoms with Gasteiger partial charge in [0.15, 0.2) is 0 Å². The highest BCUT2D eigenvalue weighted by Crippen LogP contribution is 2.11. The summed E-state index contributed by atoms with van der Waals surface area (Å²) in [4.78, 5) is 62.8. The van der Waals surface area contributed by atoms with Crippen molar-refractivity contribution in [3.63, 3.8) is 0 Å². The largest absolute Gasteiger partial charge is 0.508 e. The molecule has 0 bridgehead atoms. The van der Waals surface area contributed by atoms with E-state index in [0.29, 0.717) is 6.42 Å². The van der Waals surface area contributed by atoms with Crippen LogP contribution in [-0.2, 0) is 36.8 Å². The molecule has 2 aromatic carbocycles. The molecule has 0 aliphatic carbocycles. The Hall–Kier alpha value is -4.49. The standard InChI is InChI=1S/C30H41N7O6/c31-22(16-20-10-12-21(38)13-11-20)28(41)37-24(9-5-15-34-29(42)23-8-4-14-33-23)30(43)35-18-26(39)36-25(27(32)40)17-19-6-2-1-3-7-19/h1-3,6-7,10-13,22-25,33,38H,4-5,8-9,14-18,31H2,(H2,32,40)(H,34,42)(H,35,43)(H,36,39)(H,37,41)/t22-,23-,24+,25-/m0/s1. The number of nitrogens with two attached hydrogens (primary N) is 2. The summed E-state index contributed by atoms with van der Waals surface area (Å²) in [6, 6.07) is 12.1. The molecule has 13 heteroatoms. The molecule has 3 rings (SSSR count). The van der Waals surface area contributed by atoms with Crippen LogP contribution in [0.3, 0.4) is 0 Å². The van der Waals surface area contributed by atoms with Crippen LogP contribution in [0.2, 0.25) is 0 Å². The number of phenols is 1. The van der Waals surface area contributed by atoms with Crippen LogP contribution < -0.4 is 38.1 Å². The first-order valence-corrected chi connectivity index (χ1v) is 14.4. The first-order chi connectivity index (χ1) is 20.6. The fraction of sp³-hybridized carbons (Fsp3) is 0.433. The number of primary amides is 1. The van der Waals surface area contributed by atoms with Crippen molar-refractivity contribution in [1.82, 2.24) is 26.6 Å². The molecule has 1 fully saturated rings. The number of nitrogens with one attached hydrogen (secondary N) is 5. The van der Waals surface area contributed by atoms with Gasteiger partial charge in [-0.15, -0.1) is 0 Å². The highest BCUT2D eigenvalue weighted by Gasteiger charge is 2.26. The summed E-state index contributed by atoms with van der Waals surface area (Å²) in [5, 5.41) is 23.1. The molecule has 0 radical (unpaired) electrons. The summed E-state index contributed by atoms with van der Waals surface area (Å²) >= 11 is 0. The Balaban J connectivity index is 1.55. The first kappa shape index (κ1) is 33.0. The van der Waals surface area contributed by atoms with E-state index in [1.54, 1.807) is 36.4 Å². The Kier molecular flexibility index (Phi) is 12.9. The number of carbonyl (C=O) groups excluding carboxylic acids is 5. The summed E-state index contributed by atoms with van der Waals surface area (Å²) in [6.07, 6.45) is 2.59. The van der Waals surface area contributed by atoms with Gasteiger partial charge in [0.05, 0.1) is 18.6 Å². The minimum Gasteiger partial charge on any atom is -0.508 e. The SMILES string of the molecule is NC(=O)[C@H](Cc1ccccc1)NC(=O)CNC(=O)[C@@H](CCCNC(=O)[C@@H]1CCCN1)NC(=O)[C@@H](N)Cc1ccc(O)cc1. The second kappa shape index (κ2) is 16.8. The molecule has 1 saturated heterocycles. The predicted molar refractivity (Wildman–Crippen MR) is 159 cm³/mol. The smallest absolute Gasteiger partial charge is 0.243 e. The molecule has 0 saturated carbocycles. The average Bonchev–Trinajstić information content (AvgIpc) is 3.54. The van der Waals surface area contributed by atoms with E-state index in [2.05, 4.69) is 26.6 Å². The Morgan fingerprint density at radius 3 is 2.23 bits per heavy atom. The van der Waals surface area contributed by atoms with Crippen molar-refractivity contribution in [2.45, 2.75) is 62.7 Å². The van der Waals surface area contributed by atoms with Crippen LogP contribution in [0, 0.1) is 0 Å². The maximum Gasteiger partial charge on any atom is 0.243 e. The Morgan fingerprint density at radius 2 is 1.58 bits per heavy atom. The van der Waals surface area contributed by atoms with Crippen LogP contribution in [-0.4, -0.2) is 78.4 Å².